The van der Waals surface area contributed by atoms with Gasteiger partial charge in [0.25, 0.3) is 0 Å². The van der Waals surface area contributed by atoms with Gasteiger partial charge in [-0.3, -0.25) is 0 Å². The molecule has 0 fully saturated rings. The van der Waals surface area contributed by atoms with Crippen molar-refractivity contribution in [2.45, 2.75) is 13.8 Å². The van der Waals surface area contributed by atoms with Crippen LogP contribution in [-0.2, 0) is 7.05 Å². The molecular formula is C25H27N4+. The molecule has 0 saturated carbocycles. The fourth-order valence-electron chi connectivity index (χ4n) is 3.82. The molecule has 0 atom stereocenters. The van der Waals surface area contributed by atoms with Crippen LogP contribution in [0.5, 0.6) is 0 Å². The SMILES string of the molecule is Cc1cc(/C=C/c2ccc3cc(N(C)C)ccc3[n+]2C)c(C)n1-c1ccccn1. The number of benzene rings is 1. The van der Waals surface area contributed by atoms with Crippen LogP contribution >= 0.6 is 0 Å². The Kier molecular flexibility index (Phi) is 4.93. The number of pyridine rings is 2. The maximum atomic E-state index is 4.50. The summed E-state index contributed by atoms with van der Waals surface area (Å²) in [4.78, 5) is 6.63. The highest BCUT2D eigenvalue weighted by Crippen LogP contribution is 2.22. The second-order valence-electron chi connectivity index (χ2n) is 7.64. The van der Waals surface area contributed by atoms with Crippen LogP contribution in [-0.4, -0.2) is 23.6 Å². The fourth-order valence-corrected chi connectivity index (χ4v) is 3.82. The number of hydrogen-bond acceptors (Lipinski definition) is 2. The van der Waals surface area contributed by atoms with E-state index < -0.39 is 0 Å². The summed E-state index contributed by atoms with van der Waals surface area (Å²) in [5.74, 6) is 0.954. The molecule has 0 unspecified atom stereocenters. The number of hydrogen-bond donors (Lipinski definition) is 0. The zero-order valence-electron chi connectivity index (χ0n) is 17.7. The van der Waals surface area contributed by atoms with Crippen LogP contribution in [0, 0.1) is 13.8 Å². The third-order valence-corrected chi connectivity index (χ3v) is 5.49. The molecule has 4 heteroatoms. The first-order valence-electron chi connectivity index (χ1n) is 9.84. The van der Waals surface area contributed by atoms with Gasteiger partial charge in [0.15, 0.2) is 0 Å². The van der Waals surface area contributed by atoms with E-state index in [9.17, 15) is 0 Å². The first kappa shape index (κ1) is 18.9. The fraction of sp³-hybridized carbons (Fsp3) is 0.200. The standard InChI is InChI=1S/C25H27N4/c1-18-16-20(19(2)29(18)25-8-6-7-15-26-25)9-11-22-12-10-21-17-23(27(3)4)13-14-24(21)28(22)5/h6-17H,1-5H3/q+1. The second-order valence-corrected chi connectivity index (χ2v) is 7.64. The molecular weight excluding hydrogens is 356 g/mol. The van der Waals surface area contributed by atoms with Crippen LogP contribution in [0.3, 0.4) is 0 Å². The molecule has 0 N–H and O–H groups in total. The number of fused-ring (bicyclic) bond motifs is 1. The summed E-state index contributed by atoms with van der Waals surface area (Å²) in [5, 5.41) is 1.24. The van der Waals surface area contributed by atoms with Gasteiger partial charge in [0.05, 0.1) is 0 Å². The minimum Gasteiger partial charge on any atom is -0.378 e. The van der Waals surface area contributed by atoms with E-state index in [1.54, 1.807) is 0 Å². The van der Waals surface area contributed by atoms with Crippen molar-refractivity contribution < 1.29 is 4.57 Å². The first-order valence-corrected chi connectivity index (χ1v) is 9.84. The van der Waals surface area contributed by atoms with Crippen LogP contribution in [0.15, 0.2) is 60.8 Å². The molecule has 4 rings (SSSR count). The van der Waals surface area contributed by atoms with Crippen molar-refractivity contribution in [3.05, 3.63) is 83.4 Å². The summed E-state index contributed by atoms with van der Waals surface area (Å²) < 4.78 is 4.44. The summed E-state index contributed by atoms with van der Waals surface area (Å²) in [7, 11) is 6.26. The van der Waals surface area contributed by atoms with E-state index >= 15 is 0 Å². The molecule has 3 heterocycles. The zero-order valence-corrected chi connectivity index (χ0v) is 17.7. The van der Waals surface area contributed by atoms with Gasteiger partial charge in [-0.25, -0.2) is 4.98 Å². The molecule has 0 radical (unpaired) electrons. The normalized spacial score (nSPS) is 11.5. The van der Waals surface area contributed by atoms with Gasteiger partial charge in [-0.15, -0.1) is 0 Å². The average Bonchev–Trinajstić information content (AvgIpc) is 3.01. The quantitative estimate of drug-likeness (QED) is 0.477. The smallest absolute Gasteiger partial charge is 0.212 e. The second kappa shape index (κ2) is 7.55. The van der Waals surface area contributed by atoms with E-state index in [4.69, 9.17) is 0 Å². The Balaban J connectivity index is 1.70. The average molecular weight is 384 g/mol. The van der Waals surface area contributed by atoms with Crippen molar-refractivity contribution in [3.63, 3.8) is 0 Å². The van der Waals surface area contributed by atoms with Gasteiger partial charge in [0.1, 0.15) is 12.9 Å². The van der Waals surface area contributed by atoms with Crippen molar-refractivity contribution >= 4 is 28.7 Å². The van der Waals surface area contributed by atoms with E-state index in [-0.39, 0.29) is 0 Å². The first-order chi connectivity index (χ1) is 14.0. The molecule has 29 heavy (non-hydrogen) atoms. The van der Waals surface area contributed by atoms with Crippen molar-refractivity contribution in [1.29, 1.82) is 0 Å². The predicted molar refractivity (Wildman–Crippen MR) is 121 cm³/mol. The minimum atomic E-state index is 0.954. The highest BCUT2D eigenvalue weighted by atomic mass is 15.1. The monoisotopic (exact) mass is 383 g/mol. The summed E-state index contributed by atoms with van der Waals surface area (Å²) in [6.45, 7) is 4.27. The van der Waals surface area contributed by atoms with Gasteiger partial charge in [-0.2, -0.15) is 4.57 Å². The third-order valence-electron chi connectivity index (χ3n) is 5.49. The van der Waals surface area contributed by atoms with Crippen molar-refractivity contribution in [1.82, 2.24) is 9.55 Å². The number of aromatic nitrogens is 3. The molecule has 0 amide bonds. The molecule has 0 aliphatic rings. The lowest BCUT2D eigenvalue weighted by Crippen LogP contribution is -2.32. The molecule has 0 saturated heterocycles. The Labute approximate surface area is 172 Å². The van der Waals surface area contributed by atoms with Gasteiger partial charge < -0.3 is 9.47 Å². The van der Waals surface area contributed by atoms with Gasteiger partial charge in [-0.05, 0) is 61.9 Å². The maximum Gasteiger partial charge on any atom is 0.212 e. The summed E-state index contributed by atoms with van der Waals surface area (Å²) in [6.07, 6.45) is 6.21. The van der Waals surface area contributed by atoms with Crippen LogP contribution in [0.2, 0.25) is 0 Å². The molecule has 4 aromatic rings. The Morgan fingerprint density at radius 1 is 0.966 bits per heavy atom. The van der Waals surface area contributed by atoms with Crippen molar-refractivity contribution in [3.8, 4) is 5.82 Å². The molecule has 0 bridgehead atoms. The largest absolute Gasteiger partial charge is 0.378 e. The number of aryl methyl sites for hydroxylation is 2. The zero-order chi connectivity index (χ0) is 20.5. The van der Waals surface area contributed by atoms with E-state index in [0.29, 0.717) is 0 Å². The molecule has 0 spiro atoms. The lowest BCUT2D eigenvalue weighted by Gasteiger charge is -2.12. The van der Waals surface area contributed by atoms with E-state index in [0.717, 1.165) is 11.5 Å². The van der Waals surface area contributed by atoms with Crippen molar-refractivity contribution in [2.75, 3.05) is 19.0 Å². The van der Waals surface area contributed by atoms with Crippen LogP contribution in [0.1, 0.15) is 22.6 Å². The Morgan fingerprint density at radius 3 is 2.52 bits per heavy atom. The Morgan fingerprint density at radius 2 is 1.79 bits per heavy atom. The van der Waals surface area contributed by atoms with Crippen LogP contribution in [0.25, 0.3) is 28.9 Å². The number of anilines is 1. The van der Waals surface area contributed by atoms with Crippen molar-refractivity contribution in [2.24, 2.45) is 7.05 Å². The Hall–Kier alpha value is -3.40. The van der Waals surface area contributed by atoms with Gasteiger partial charge in [0, 0.05) is 61.0 Å². The van der Waals surface area contributed by atoms with E-state index in [1.807, 2.05) is 24.4 Å². The topological polar surface area (TPSA) is 24.9 Å². The highest BCUT2D eigenvalue weighted by molar-refractivity contribution is 5.81. The molecule has 0 aliphatic carbocycles. The molecule has 1 aromatic carbocycles. The lowest BCUT2D eigenvalue weighted by atomic mass is 10.1. The summed E-state index contributed by atoms with van der Waals surface area (Å²) >= 11 is 0. The summed E-state index contributed by atoms with van der Waals surface area (Å²) in [5.41, 5.74) is 7.17. The Bertz CT molecular complexity index is 1200. The van der Waals surface area contributed by atoms with Gasteiger partial charge in [0.2, 0.25) is 11.2 Å². The van der Waals surface area contributed by atoms with Crippen LogP contribution in [0.4, 0.5) is 5.69 Å². The molecule has 3 aromatic heterocycles. The maximum absolute atomic E-state index is 4.50. The van der Waals surface area contributed by atoms with Crippen LogP contribution < -0.4 is 9.47 Å². The molecule has 146 valence electrons. The lowest BCUT2D eigenvalue weighted by molar-refractivity contribution is -0.646. The van der Waals surface area contributed by atoms with E-state index in [2.05, 4.69) is 103 Å². The molecule has 0 aliphatic heterocycles. The van der Waals surface area contributed by atoms with Gasteiger partial charge in [-0.1, -0.05) is 6.07 Å². The number of rotatable bonds is 4. The molecule has 4 nitrogen and oxygen atoms in total. The minimum absolute atomic E-state index is 0.954. The van der Waals surface area contributed by atoms with Gasteiger partial charge >= 0.3 is 0 Å². The van der Waals surface area contributed by atoms with E-state index in [1.165, 1.54) is 33.5 Å². The predicted octanol–water partition coefficient (Wildman–Crippen LogP) is 4.70. The third kappa shape index (κ3) is 3.54. The summed E-state index contributed by atoms with van der Waals surface area (Å²) in [6, 6.07) is 19.2. The number of nitrogens with zero attached hydrogens (tertiary/aromatic N) is 4. The highest BCUT2D eigenvalue weighted by Gasteiger charge is 2.12.